The minimum Gasteiger partial charge on any atom is -0.497 e. The maximum Gasteiger partial charge on any atom is 0.230 e. The molecule has 0 aliphatic heterocycles. The third-order valence-electron chi connectivity index (χ3n) is 4.75. The van der Waals surface area contributed by atoms with Gasteiger partial charge in [0.05, 0.1) is 18.9 Å². The Balaban J connectivity index is 1.58. The van der Waals surface area contributed by atoms with Gasteiger partial charge in [-0.3, -0.25) is 9.36 Å². The van der Waals surface area contributed by atoms with Gasteiger partial charge in [-0.05, 0) is 66.9 Å². The molecule has 0 fully saturated rings. The number of thioether (sulfide) groups is 1. The lowest BCUT2D eigenvalue weighted by molar-refractivity contribution is -0.119. The van der Waals surface area contributed by atoms with Crippen molar-refractivity contribution in [3.05, 3.63) is 75.9 Å². The Morgan fingerprint density at radius 1 is 1.16 bits per heavy atom. The van der Waals surface area contributed by atoms with Crippen LogP contribution in [0.3, 0.4) is 0 Å². The summed E-state index contributed by atoms with van der Waals surface area (Å²) in [5.74, 6) is 1.60. The van der Waals surface area contributed by atoms with Crippen molar-refractivity contribution in [2.24, 2.45) is 0 Å². The third-order valence-corrected chi connectivity index (χ3v) is 6.98. The molecular weight excluding hydrogens is 464 g/mol. The highest BCUT2D eigenvalue weighted by molar-refractivity contribution is 7.99. The second-order valence-electron chi connectivity index (χ2n) is 6.94. The van der Waals surface area contributed by atoms with Gasteiger partial charge in [0.2, 0.25) is 5.91 Å². The first kappa shape index (κ1) is 22.4. The van der Waals surface area contributed by atoms with Crippen LogP contribution in [0.4, 0.5) is 0 Å². The molecule has 0 saturated carbocycles. The molecule has 1 atom stereocenters. The predicted molar refractivity (Wildman–Crippen MR) is 130 cm³/mol. The molecule has 1 unspecified atom stereocenters. The highest BCUT2D eigenvalue weighted by Crippen LogP contribution is 2.29. The molecule has 0 radical (unpaired) electrons. The molecule has 2 aromatic carbocycles. The summed E-state index contributed by atoms with van der Waals surface area (Å²) in [7, 11) is 1.63. The number of halogens is 1. The van der Waals surface area contributed by atoms with E-state index in [1.165, 1.54) is 11.8 Å². The van der Waals surface area contributed by atoms with Gasteiger partial charge >= 0.3 is 0 Å². The number of methoxy groups -OCH3 is 1. The van der Waals surface area contributed by atoms with Gasteiger partial charge in [0.15, 0.2) is 11.0 Å². The Bertz CT molecular complexity index is 1180. The normalized spacial score (nSPS) is 11.8. The van der Waals surface area contributed by atoms with E-state index in [0.717, 1.165) is 21.9 Å². The molecule has 0 aliphatic carbocycles. The molecule has 2 heterocycles. The highest BCUT2D eigenvalue weighted by Gasteiger charge is 2.18. The van der Waals surface area contributed by atoms with Crippen molar-refractivity contribution >= 4 is 40.6 Å². The number of carbonyl (C=O) groups excluding carboxylic acids is 1. The average molecular weight is 485 g/mol. The highest BCUT2D eigenvalue weighted by atomic mass is 35.5. The number of benzene rings is 2. The molecule has 9 heteroatoms. The molecule has 6 nitrogen and oxygen atoms in total. The van der Waals surface area contributed by atoms with Gasteiger partial charge < -0.3 is 10.1 Å². The van der Waals surface area contributed by atoms with Crippen molar-refractivity contribution < 1.29 is 9.53 Å². The van der Waals surface area contributed by atoms with Gasteiger partial charge in [-0.2, -0.15) is 0 Å². The van der Waals surface area contributed by atoms with Crippen molar-refractivity contribution in [3.8, 4) is 22.8 Å². The van der Waals surface area contributed by atoms with Crippen LogP contribution in [0.25, 0.3) is 17.1 Å². The fourth-order valence-electron chi connectivity index (χ4n) is 3.14. The minimum atomic E-state index is -0.0625. The maximum absolute atomic E-state index is 12.5. The molecule has 0 spiro atoms. The molecule has 1 N–H and O–H groups in total. The summed E-state index contributed by atoms with van der Waals surface area (Å²) < 4.78 is 7.19. The minimum absolute atomic E-state index is 0.0351. The van der Waals surface area contributed by atoms with Gasteiger partial charge in [0, 0.05) is 21.2 Å². The molecule has 0 aliphatic rings. The summed E-state index contributed by atoms with van der Waals surface area (Å²) in [5.41, 5.74) is 1.75. The average Bonchev–Trinajstić information content (AvgIpc) is 3.49. The lowest BCUT2D eigenvalue weighted by Crippen LogP contribution is -2.27. The van der Waals surface area contributed by atoms with E-state index < -0.39 is 0 Å². The summed E-state index contributed by atoms with van der Waals surface area (Å²) in [6.45, 7) is 1.98. The van der Waals surface area contributed by atoms with Crippen molar-refractivity contribution in [2.75, 3.05) is 12.9 Å². The van der Waals surface area contributed by atoms with Crippen LogP contribution in [0.15, 0.2) is 71.2 Å². The Morgan fingerprint density at radius 3 is 2.56 bits per heavy atom. The zero-order valence-electron chi connectivity index (χ0n) is 17.5. The molecule has 4 aromatic rings. The van der Waals surface area contributed by atoms with Crippen LogP contribution in [0.2, 0.25) is 5.02 Å². The second kappa shape index (κ2) is 10.2. The van der Waals surface area contributed by atoms with Crippen LogP contribution in [0, 0.1) is 0 Å². The van der Waals surface area contributed by atoms with E-state index in [4.69, 9.17) is 16.3 Å². The van der Waals surface area contributed by atoms with Gasteiger partial charge in [0.25, 0.3) is 0 Å². The Labute approximate surface area is 199 Å². The monoisotopic (exact) mass is 484 g/mol. The summed E-state index contributed by atoms with van der Waals surface area (Å²) in [4.78, 5) is 13.7. The van der Waals surface area contributed by atoms with Crippen molar-refractivity contribution in [2.45, 2.75) is 18.1 Å². The first-order chi connectivity index (χ1) is 15.5. The van der Waals surface area contributed by atoms with Gasteiger partial charge in [-0.15, -0.1) is 21.5 Å². The predicted octanol–water partition coefficient (Wildman–Crippen LogP) is 5.63. The largest absolute Gasteiger partial charge is 0.497 e. The van der Waals surface area contributed by atoms with E-state index in [0.29, 0.717) is 16.0 Å². The SMILES string of the molecule is COc1ccc(-c2nnc(SCC(=O)NC(C)c3cccs3)n2-c2ccc(Cl)cc2)cc1. The van der Waals surface area contributed by atoms with Crippen molar-refractivity contribution in [1.29, 1.82) is 0 Å². The first-order valence-corrected chi connectivity index (χ1v) is 12.1. The first-order valence-electron chi connectivity index (χ1n) is 9.86. The van der Waals surface area contributed by atoms with Crippen LogP contribution < -0.4 is 10.1 Å². The van der Waals surface area contributed by atoms with E-state index in [1.807, 2.05) is 77.5 Å². The Kier molecular flexibility index (Phi) is 7.14. The Hall–Kier alpha value is -2.81. The number of hydrogen-bond acceptors (Lipinski definition) is 6. The number of ether oxygens (including phenoxy) is 1. The topological polar surface area (TPSA) is 69.0 Å². The van der Waals surface area contributed by atoms with Gasteiger partial charge in [0.1, 0.15) is 5.75 Å². The van der Waals surface area contributed by atoms with Gasteiger partial charge in [-0.1, -0.05) is 29.4 Å². The lowest BCUT2D eigenvalue weighted by atomic mass is 10.2. The summed E-state index contributed by atoms with van der Waals surface area (Å²) in [6, 6.07) is 19.0. The van der Waals surface area contributed by atoms with Crippen LogP contribution in [0.1, 0.15) is 17.8 Å². The molecule has 2 aromatic heterocycles. The van der Waals surface area contributed by atoms with Crippen LogP contribution >= 0.6 is 34.7 Å². The molecule has 4 rings (SSSR count). The molecule has 1 amide bonds. The van der Waals surface area contributed by atoms with Crippen molar-refractivity contribution in [3.63, 3.8) is 0 Å². The molecular formula is C23H21ClN4O2S2. The van der Waals surface area contributed by atoms with Crippen LogP contribution in [0.5, 0.6) is 5.75 Å². The number of nitrogens with one attached hydrogen (secondary N) is 1. The maximum atomic E-state index is 12.5. The molecule has 32 heavy (non-hydrogen) atoms. The number of amides is 1. The van der Waals surface area contributed by atoms with E-state index in [-0.39, 0.29) is 17.7 Å². The van der Waals surface area contributed by atoms with E-state index in [9.17, 15) is 4.79 Å². The van der Waals surface area contributed by atoms with E-state index in [2.05, 4.69) is 15.5 Å². The number of carbonyl (C=O) groups is 1. The summed E-state index contributed by atoms with van der Waals surface area (Å²) in [5, 5.41) is 15.1. The molecule has 0 bridgehead atoms. The second-order valence-corrected chi connectivity index (χ2v) is 9.30. The van der Waals surface area contributed by atoms with E-state index >= 15 is 0 Å². The fraction of sp³-hybridized carbons (Fsp3) is 0.174. The zero-order valence-corrected chi connectivity index (χ0v) is 19.9. The van der Waals surface area contributed by atoms with Crippen LogP contribution in [-0.4, -0.2) is 33.5 Å². The lowest BCUT2D eigenvalue weighted by Gasteiger charge is -2.13. The number of thiophene rings is 1. The number of rotatable bonds is 8. The number of hydrogen-bond donors (Lipinski definition) is 1. The number of aromatic nitrogens is 3. The number of nitrogens with zero attached hydrogens (tertiary/aromatic N) is 3. The van der Waals surface area contributed by atoms with Crippen molar-refractivity contribution in [1.82, 2.24) is 20.1 Å². The van der Waals surface area contributed by atoms with Gasteiger partial charge in [-0.25, -0.2) is 0 Å². The standard InChI is InChI=1S/C23H21ClN4O2S2/c1-15(20-4-3-13-31-20)25-21(29)14-32-23-27-26-22(16-5-11-19(30-2)12-6-16)28(23)18-9-7-17(24)8-10-18/h3-13,15H,14H2,1-2H3,(H,25,29). The molecule has 0 saturated heterocycles. The van der Waals surface area contributed by atoms with E-state index in [1.54, 1.807) is 18.4 Å². The summed E-state index contributed by atoms with van der Waals surface area (Å²) in [6.07, 6.45) is 0. The fourth-order valence-corrected chi connectivity index (χ4v) is 4.76. The molecule has 164 valence electrons. The third kappa shape index (κ3) is 5.15. The Morgan fingerprint density at radius 2 is 1.91 bits per heavy atom. The van der Waals surface area contributed by atoms with Crippen LogP contribution in [-0.2, 0) is 4.79 Å². The zero-order chi connectivity index (χ0) is 22.5. The quantitative estimate of drug-likeness (QED) is 0.328. The summed E-state index contributed by atoms with van der Waals surface area (Å²) >= 11 is 9.05. The smallest absolute Gasteiger partial charge is 0.230 e.